The highest BCUT2D eigenvalue weighted by molar-refractivity contribution is 6.04. The molecule has 0 spiro atoms. The molecule has 0 saturated heterocycles. The molecule has 1 fully saturated rings. The second kappa shape index (κ2) is 13.5. The van der Waals surface area contributed by atoms with Crippen LogP contribution in [0.3, 0.4) is 0 Å². The molecule has 10 heteroatoms. The first-order valence-corrected chi connectivity index (χ1v) is 15.8. The Morgan fingerprint density at radius 2 is 1.76 bits per heavy atom. The van der Waals surface area contributed by atoms with Gasteiger partial charge in [-0.1, -0.05) is 24.6 Å². The lowest BCUT2D eigenvalue weighted by atomic mass is 9.98. The summed E-state index contributed by atoms with van der Waals surface area (Å²) in [6.07, 6.45) is 6.02. The van der Waals surface area contributed by atoms with Crippen molar-refractivity contribution in [3.8, 4) is 5.75 Å². The fourth-order valence-electron chi connectivity index (χ4n) is 5.89. The lowest BCUT2D eigenvalue weighted by Crippen LogP contribution is -2.35. The van der Waals surface area contributed by atoms with Crippen molar-refractivity contribution in [3.63, 3.8) is 0 Å². The van der Waals surface area contributed by atoms with E-state index in [0.717, 1.165) is 60.9 Å². The van der Waals surface area contributed by atoms with Gasteiger partial charge in [-0.25, -0.2) is 0 Å². The van der Waals surface area contributed by atoms with Crippen molar-refractivity contribution in [1.29, 1.82) is 0 Å². The number of nitrogens with one attached hydrogen (secondary N) is 2. The Balaban J connectivity index is 1.04. The molecule has 3 aliphatic rings. The van der Waals surface area contributed by atoms with Gasteiger partial charge in [0.1, 0.15) is 5.75 Å². The van der Waals surface area contributed by atoms with Crippen LogP contribution in [0.2, 0.25) is 0 Å². The normalized spacial score (nSPS) is 15.3. The Kier molecular flexibility index (Phi) is 9.11. The lowest BCUT2D eigenvalue weighted by molar-refractivity contribution is -0.132. The highest BCUT2D eigenvalue weighted by Gasteiger charge is 2.33. The van der Waals surface area contributed by atoms with Crippen molar-refractivity contribution < 1.29 is 23.9 Å². The molecule has 1 saturated carbocycles. The minimum Gasteiger partial charge on any atom is -0.482 e. The zero-order valence-corrected chi connectivity index (χ0v) is 25.3. The summed E-state index contributed by atoms with van der Waals surface area (Å²) in [4.78, 5) is 54.5. The molecule has 1 aliphatic carbocycles. The summed E-state index contributed by atoms with van der Waals surface area (Å²) in [6.45, 7) is 2.30. The molecule has 45 heavy (non-hydrogen) atoms. The number of rotatable bonds is 11. The Labute approximate surface area is 262 Å². The van der Waals surface area contributed by atoms with E-state index < -0.39 is 0 Å². The van der Waals surface area contributed by atoms with Crippen LogP contribution < -0.4 is 21.1 Å². The van der Waals surface area contributed by atoms with E-state index in [4.69, 9.17) is 10.5 Å². The Morgan fingerprint density at radius 3 is 2.53 bits per heavy atom. The molecule has 4 N–H and O–H groups in total. The van der Waals surface area contributed by atoms with Gasteiger partial charge in [0, 0.05) is 48.9 Å². The maximum absolute atomic E-state index is 13.5. The summed E-state index contributed by atoms with van der Waals surface area (Å²) in [5, 5.41) is 5.76. The van der Waals surface area contributed by atoms with Crippen molar-refractivity contribution in [2.24, 2.45) is 5.73 Å². The predicted molar refractivity (Wildman–Crippen MR) is 171 cm³/mol. The molecule has 2 heterocycles. The number of nitrogens with two attached hydrogens (primary N) is 1. The molecule has 2 aliphatic heterocycles. The third-order valence-corrected chi connectivity index (χ3v) is 8.60. The van der Waals surface area contributed by atoms with E-state index in [1.54, 1.807) is 30.3 Å². The first kappa shape index (κ1) is 30.3. The summed E-state index contributed by atoms with van der Waals surface area (Å²) in [5.41, 5.74) is 11.1. The molecule has 3 aromatic carbocycles. The summed E-state index contributed by atoms with van der Waals surface area (Å²) < 4.78 is 5.50. The van der Waals surface area contributed by atoms with Gasteiger partial charge in [0.15, 0.2) is 6.61 Å². The monoisotopic (exact) mass is 609 g/mol. The van der Waals surface area contributed by atoms with Gasteiger partial charge in [0.25, 0.3) is 17.7 Å². The number of amides is 4. The fraction of sp³-hybridized carbons (Fsp3) is 0.371. The van der Waals surface area contributed by atoms with Crippen LogP contribution >= 0.6 is 0 Å². The van der Waals surface area contributed by atoms with Crippen molar-refractivity contribution in [1.82, 2.24) is 9.80 Å². The van der Waals surface area contributed by atoms with Crippen molar-refractivity contribution in [2.75, 3.05) is 30.3 Å². The quantitative estimate of drug-likeness (QED) is 0.275. The van der Waals surface area contributed by atoms with Crippen LogP contribution in [0.5, 0.6) is 5.75 Å². The van der Waals surface area contributed by atoms with Gasteiger partial charge in [0.05, 0.1) is 5.69 Å². The van der Waals surface area contributed by atoms with Crippen molar-refractivity contribution in [3.05, 3.63) is 88.5 Å². The first-order valence-electron chi connectivity index (χ1n) is 15.8. The fourth-order valence-corrected chi connectivity index (χ4v) is 5.89. The summed E-state index contributed by atoms with van der Waals surface area (Å²) in [5.74, 6) is 0.167. The number of unbranched alkanes of at least 4 members (excludes halogenated alkanes) is 2. The maximum atomic E-state index is 13.5. The Morgan fingerprint density at radius 1 is 0.956 bits per heavy atom. The highest BCUT2D eigenvalue weighted by atomic mass is 16.5. The first-order chi connectivity index (χ1) is 21.9. The van der Waals surface area contributed by atoms with E-state index in [0.29, 0.717) is 55.2 Å². The molecule has 3 aromatic rings. The molecule has 0 aromatic heterocycles. The standard InChI is InChI=1S/C35H39N5O5/c36-16-3-1-2-4-33(42)39-17-15-25-18-28(11-9-27(25)21-39)37-34(43)24-7-5-23(6-8-24)20-40(29-12-13-29)35(44)26-10-14-30-31(19-26)45-22-32(41)38-30/h5-11,14,18-19,29H,1-4,12-13,15-17,20-22,36H2,(H,37,43)(H,38,41). The average molecular weight is 610 g/mol. The number of benzene rings is 3. The number of fused-ring (bicyclic) bond motifs is 2. The predicted octanol–water partition coefficient (Wildman–Crippen LogP) is 4.48. The van der Waals surface area contributed by atoms with Gasteiger partial charge < -0.3 is 30.9 Å². The minimum atomic E-state index is -0.216. The molecule has 0 unspecified atom stereocenters. The van der Waals surface area contributed by atoms with Gasteiger partial charge >= 0.3 is 0 Å². The summed E-state index contributed by atoms with van der Waals surface area (Å²) in [6, 6.07) is 18.5. The van der Waals surface area contributed by atoms with E-state index in [2.05, 4.69) is 10.6 Å². The van der Waals surface area contributed by atoms with E-state index >= 15 is 0 Å². The second-order valence-corrected chi connectivity index (χ2v) is 12.0. The van der Waals surface area contributed by atoms with Gasteiger partial charge in [0.2, 0.25) is 5.91 Å². The molecular weight excluding hydrogens is 570 g/mol. The van der Waals surface area contributed by atoms with Crippen LogP contribution in [0.4, 0.5) is 11.4 Å². The van der Waals surface area contributed by atoms with E-state index in [1.807, 2.05) is 40.1 Å². The van der Waals surface area contributed by atoms with Crippen LogP contribution in [0.15, 0.2) is 60.7 Å². The van der Waals surface area contributed by atoms with Crippen molar-refractivity contribution >= 4 is 35.0 Å². The molecule has 0 atom stereocenters. The van der Waals surface area contributed by atoms with E-state index in [-0.39, 0.29) is 36.3 Å². The van der Waals surface area contributed by atoms with Gasteiger partial charge in [-0.3, -0.25) is 19.2 Å². The number of ether oxygens (including phenoxy) is 1. The van der Waals surface area contributed by atoms with Gasteiger partial charge in [-0.2, -0.15) is 0 Å². The number of carbonyl (C=O) groups excluding carboxylic acids is 4. The van der Waals surface area contributed by atoms with Crippen molar-refractivity contribution in [2.45, 2.75) is 64.1 Å². The number of nitrogens with zero attached hydrogens (tertiary/aromatic N) is 2. The number of carbonyl (C=O) groups is 4. The Hall–Kier alpha value is -4.70. The topological polar surface area (TPSA) is 134 Å². The third-order valence-electron chi connectivity index (χ3n) is 8.60. The van der Waals surface area contributed by atoms with Gasteiger partial charge in [-0.15, -0.1) is 0 Å². The molecule has 0 radical (unpaired) electrons. The third kappa shape index (κ3) is 7.34. The zero-order valence-electron chi connectivity index (χ0n) is 25.3. The zero-order chi connectivity index (χ0) is 31.3. The maximum Gasteiger partial charge on any atom is 0.262 e. The van der Waals surface area contributed by atoms with Crippen LogP contribution in [-0.4, -0.2) is 59.2 Å². The molecule has 4 amide bonds. The molecule has 0 bridgehead atoms. The second-order valence-electron chi connectivity index (χ2n) is 12.0. The SMILES string of the molecule is NCCCCCC(=O)N1CCc2cc(NC(=O)c3ccc(CN(C(=O)c4ccc5c(c4)OCC(=O)N5)C4CC4)cc3)ccc2C1. The minimum absolute atomic E-state index is 0.0686. The summed E-state index contributed by atoms with van der Waals surface area (Å²) >= 11 is 0. The van der Waals surface area contributed by atoms with Gasteiger partial charge in [-0.05, 0) is 97.8 Å². The average Bonchev–Trinajstić information content (AvgIpc) is 3.90. The lowest BCUT2D eigenvalue weighted by Gasteiger charge is -2.29. The molecular formula is C35H39N5O5. The molecule has 234 valence electrons. The van der Waals surface area contributed by atoms with Crippen LogP contribution in [0.1, 0.15) is 75.9 Å². The smallest absolute Gasteiger partial charge is 0.262 e. The highest BCUT2D eigenvalue weighted by Crippen LogP contribution is 2.33. The molecule has 6 rings (SSSR count). The number of hydrogen-bond donors (Lipinski definition) is 3. The number of hydrogen-bond acceptors (Lipinski definition) is 6. The van der Waals surface area contributed by atoms with E-state index in [1.165, 1.54) is 0 Å². The summed E-state index contributed by atoms with van der Waals surface area (Å²) in [7, 11) is 0. The number of anilines is 2. The largest absolute Gasteiger partial charge is 0.482 e. The Bertz CT molecular complexity index is 1600. The van der Waals surface area contributed by atoms with Crippen LogP contribution in [0.25, 0.3) is 0 Å². The van der Waals surface area contributed by atoms with Crippen LogP contribution in [-0.2, 0) is 29.1 Å². The molecule has 10 nitrogen and oxygen atoms in total. The van der Waals surface area contributed by atoms with Crippen LogP contribution in [0, 0.1) is 0 Å². The van der Waals surface area contributed by atoms with E-state index in [9.17, 15) is 19.2 Å².